The summed E-state index contributed by atoms with van der Waals surface area (Å²) in [5.41, 5.74) is 0. The number of rotatable bonds is 4. The van der Waals surface area contributed by atoms with Crippen LogP contribution in [0.2, 0.25) is 0 Å². The second-order valence-corrected chi connectivity index (χ2v) is 1.64. The SMILES string of the molecule is COC(=O)CCOP=O. The number of ether oxygens (including phenoxy) is 1. The maximum atomic E-state index is 10.3. The molecule has 0 unspecified atom stereocenters. The van der Waals surface area contributed by atoms with Crippen molar-refractivity contribution in [3.8, 4) is 0 Å². The molecule has 0 heterocycles. The molecule has 4 nitrogen and oxygen atoms in total. The Labute approximate surface area is 54.4 Å². The third-order valence-corrected chi connectivity index (χ3v) is 0.966. The van der Waals surface area contributed by atoms with E-state index < -0.39 is 8.69 Å². The molecule has 0 bridgehead atoms. The molecule has 0 aliphatic carbocycles. The van der Waals surface area contributed by atoms with E-state index in [9.17, 15) is 9.36 Å². The standard InChI is InChI=1S/C4H7O4P/c1-7-4(5)2-3-8-9-6/h2-3H2,1H3. The lowest BCUT2D eigenvalue weighted by atomic mass is 10.5. The van der Waals surface area contributed by atoms with Gasteiger partial charge in [-0.1, -0.05) is 0 Å². The first-order valence-corrected chi connectivity index (χ1v) is 3.05. The van der Waals surface area contributed by atoms with Gasteiger partial charge in [0.25, 0.3) is 0 Å². The summed E-state index contributed by atoms with van der Waals surface area (Å²) in [6.07, 6.45) is 0.145. The molecule has 0 fully saturated rings. The normalized spacial score (nSPS) is 9.44. The molecule has 52 valence electrons. The summed E-state index contributed by atoms with van der Waals surface area (Å²) in [4.78, 5) is 10.3. The molecular formula is C4H7O4P. The van der Waals surface area contributed by atoms with E-state index in [0.717, 1.165) is 0 Å². The zero-order valence-corrected chi connectivity index (χ0v) is 5.89. The van der Waals surface area contributed by atoms with E-state index in [-0.39, 0.29) is 19.0 Å². The number of carbonyl (C=O) groups excluding carboxylic acids is 1. The fourth-order valence-electron chi connectivity index (χ4n) is 0.268. The van der Waals surface area contributed by atoms with Crippen molar-refractivity contribution >= 4 is 14.7 Å². The zero-order valence-electron chi connectivity index (χ0n) is 4.99. The Hall–Kier alpha value is -0.470. The van der Waals surface area contributed by atoms with Crippen LogP contribution in [-0.4, -0.2) is 19.7 Å². The fraction of sp³-hybridized carbons (Fsp3) is 0.750. The van der Waals surface area contributed by atoms with Crippen molar-refractivity contribution < 1.29 is 18.6 Å². The third kappa shape index (κ3) is 5.40. The highest BCUT2D eigenvalue weighted by Gasteiger charge is 1.97. The Morgan fingerprint density at radius 3 is 2.78 bits per heavy atom. The van der Waals surface area contributed by atoms with Gasteiger partial charge >= 0.3 is 14.7 Å². The van der Waals surface area contributed by atoms with Gasteiger partial charge in [-0.15, -0.1) is 0 Å². The van der Waals surface area contributed by atoms with Crippen LogP contribution in [0.3, 0.4) is 0 Å². The molecule has 0 aliphatic rings. The van der Waals surface area contributed by atoms with E-state index in [1.165, 1.54) is 7.11 Å². The van der Waals surface area contributed by atoms with Crippen molar-refractivity contribution in [1.82, 2.24) is 0 Å². The molecule has 0 amide bonds. The van der Waals surface area contributed by atoms with Crippen LogP contribution in [0.1, 0.15) is 6.42 Å². The van der Waals surface area contributed by atoms with Gasteiger partial charge in [-0.3, -0.25) is 9.32 Å². The van der Waals surface area contributed by atoms with E-state index in [4.69, 9.17) is 0 Å². The summed E-state index contributed by atoms with van der Waals surface area (Å²) < 4.78 is 18.2. The molecule has 0 N–H and O–H groups in total. The predicted molar refractivity (Wildman–Crippen MR) is 30.2 cm³/mol. The average molecular weight is 150 g/mol. The first kappa shape index (κ1) is 8.53. The topological polar surface area (TPSA) is 52.6 Å². The summed E-state index contributed by atoms with van der Waals surface area (Å²) in [7, 11) is 0.888. The largest absolute Gasteiger partial charge is 0.469 e. The molecule has 0 aliphatic heterocycles. The molecule has 0 aromatic carbocycles. The molecule has 0 saturated heterocycles. The van der Waals surface area contributed by atoms with E-state index in [0.29, 0.717) is 0 Å². The minimum absolute atomic E-state index is 0.137. The first-order valence-electron chi connectivity index (χ1n) is 2.32. The van der Waals surface area contributed by atoms with Crippen molar-refractivity contribution in [1.29, 1.82) is 0 Å². The highest BCUT2D eigenvalue weighted by atomic mass is 31.1. The minimum atomic E-state index is -0.401. The average Bonchev–Trinajstić information content (AvgIpc) is 1.89. The second-order valence-electron chi connectivity index (χ2n) is 1.23. The Morgan fingerprint density at radius 2 is 2.33 bits per heavy atom. The zero-order chi connectivity index (χ0) is 7.11. The van der Waals surface area contributed by atoms with Crippen LogP contribution in [0.15, 0.2) is 0 Å². The predicted octanol–water partition coefficient (Wildman–Crippen LogP) is 0.773. The van der Waals surface area contributed by atoms with Gasteiger partial charge in [-0.25, -0.2) is 4.57 Å². The maximum absolute atomic E-state index is 10.3. The summed E-state index contributed by atoms with van der Waals surface area (Å²) in [6.45, 7) is 0.137. The van der Waals surface area contributed by atoms with Crippen LogP contribution in [0.5, 0.6) is 0 Å². The monoisotopic (exact) mass is 150 g/mol. The quantitative estimate of drug-likeness (QED) is 0.337. The van der Waals surface area contributed by atoms with Crippen LogP contribution in [0.25, 0.3) is 0 Å². The van der Waals surface area contributed by atoms with E-state index in [1.54, 1.807) is 0 Å². The summed E-state index contributed by atoms with van der Waals surface area (Å²) in [5.74, 6) is -0.362. The molecule has 0 rings (SSSR count). The van der Waals surface area contributed by atoms with Gasteiger partial charge in [-0.2, -0.15) is 0 Å². The Morgan fingerprint density at radius 1 is 1.67 bits per heavy atom. The number of methoxy groups -OCH3 is 1. The number of esters is 1. The molecular weight excluding hydrogens is 143 g/mol. The molecule has 0 aromatic heterocycles. The van der Waals surface area contributed by atoms with Crippen LogP contribution in [0, 0.1) is 0 Å². The van der Waals surface area contributed by atoms with Crippen molar-refractivity contribution in [2.75, 3.05) is 13.7 Å². The Kier molecular flexibility index (Phi) is 5.37. The van der Waals surface area contributed by atoms with Crippen LogP contribution >= 0.6 is 8.69 Å². The second kappa shape index (κ2) is 5.66. The summed E-state index contributed by atoms with van der Waals surface area (Å²) >= 11 is 0. The number of carbonyl (C=O) groups is 1. The minimum Gasteiger partial charge on any atom is -0.469 e. The molecule has 0 radical (unpaired) electrons. The molecule has 0 saturated carbocycles. The maximum Gasteiger partial charge on any atom is 0.327 e. The highest BCUT2D eigenvalue weighted by molar-refractivity contribution is 7.17. The van der Waals surface area contributed by atoms with Gasteiger partial charge in [0, 0.05) is 0 Å². The fourth-order valence-corrected chi connectivity index (χ4v) is 0.434. The summed E-state index contributed by atoms with van der Waals surface area (Å²) in [6, 6.07) is 0. The lowest BCUT2D eigenvalue weighted by Gasteiger charge is -1.93. The molecule has 0 spiro atoms. The van der Waals surface area contributed by atoms with Crippen molar-refractivity contribution in [3.63, 3.8) is 0 Å². The molecule has 9 heavy (non-hydrogen) atoms. The third-order valence-electron chi connectivity index (χ3n) is 0.678. The van der Waals surface area contributed by atoms with Crippen LogP contribution in [0.4, 0.5) is 0 Å². The van der Waals surface area contributed by atoms with Gasteiger partial charge < -0.3 is 4.74 Å². The van der Waals surface area contributed by atoms with Crippen molar-refractivity contribution in [3.05, 3.63) is 0 Å². The molecule has 5 heteroatoms. The van der Waals surface area contributed by atoms with Crippen LogP contribution in [-0.2, 0) is 18.6 Å². The van der Waals surface area contributed by atoms with Gasteiger partial charge in [0.2, 0.25) is 0 Å². The molecule has 0 atom stereocenters. The smallest absolute Gasteiger partial charge is 0.327 e. The first-order chi connectivity index (χ1) is 4.31. The van der Waals surface area contributed by atoms with E-state index in [2.05, 4.69) is 9.26 Å². The highest BCUT2D eigenvalue weighted by Crippen LogP contribution is 1.95. The molecule has 0 aromatic rings. The Balaban J connectivity index is 3.06. The van der Waals surface area contributed by atoms with E-state index in [1.807, 2.05) is 0 Å². The number of hydrogen-bond acceptors (Lipinski definition) is 4. The lowest BCUT2D eigenvalue weighted by Crippen LogP contribution is -2.02. The summed E-state index contributed by atoms with van der Waals surface area (Å²) in [5, 5.41) is 0. The Bertz CT molecular complexity index is 103. The van der Waals surface area contributed by atoms with Gasteiger partial charge in [0.15, 0.2) is 0 Å². The lowest BCUT2D eigenvalue weighted by molar-refractivity contribution is -0.141. The van der Waals surface area contributed by atoms with Gasteiger partial charge in [-0.05, 0) is 0 Å². The van der Waals surface area contributed by atoms with E-state index >= 15 is 0 Å². The van der Waals surface area contributed by atoms with Gasteiger partial charge in [0.05, 0.1) is 20.1 Å². The van der Waals surface area contributed by atoms with Crippen LogP contribution < -0.4 is 0 Å². The van der Waals surface area contributed by atoms with Crippen molar-refractivity contribution in [2.24, 2.45) is 0 Å². The van der Waals surface area contributed by atoms with Crippen molar-refractivity contribution in [2.45, 2.75) is 6.42 Å². The van der Waals surface area contributed by atoms with Gasteiger partial charge in [0.1, 0.15) is 0 Å². The number of hydrogen-bond donors (Lipinski definition) is 0.